The van der Waals surface area contributed by atoms with Crippen LogP contribution in [0.4, 0.5) is 4.79 Å². The van der Waals surface area contributed by atoms with Crippen molar-refractivity contribution in [3.8, 4) is 11.8 Å². The predicted molar refractivity (Wildman–Crippen MR) is 167 cm³/mol. The summed E-state index contributed by atoms with van der Waals surface area (Å²) in [6, 6.07) is -2.33. The number of hydrogen-bond acceptors (Lipinski definition) is 11. The third-order valence-corrected chi connectivity index (χ3v) is 6.99. The molecule has 1 aromatic heterocycles. The molecule has 17 heteroatoms. The standard InChI is InChI=1S/C29H45N7O9S/c1-20(2)26(27(40)35-23(21(3)37)10-8-12-32-28(30)41)36-25(39)19-45-16-15-44-14-13-31-24(38)11-7-5-6-9-22-17-33-29(34-18-22)46(4,42)43/h17-18,20,23,26H,5,7-8,10-16,19H2,1-4H3,(H,31,38)(H,35,40)(H,36,39)(H3,30,32,41)/t23-,26-/m0/s1. The van der Waals surface area contributed by atoms with Gasteiger partial charge in [0.2, 0.25) is 32.7 Å². The number of carbonyl (C=O) groups is 5. The number of ether oxygens (including phenoxy) is 2. The molecule has 0 aromatic carbocycles. The average Bonchev–Trinajstić information content (AvgIpc) is 2.97. The Morgan fingerprint density at radius 3 is 2.22 bits per heavy atom. The van der Waals surface area contributed by atoms with Crippen molar-refractivity contribution in [2.45, 2.75) is 70.1 Å². The highest BCUT2D eigenvalue weighted by molar-refractivity contribution is 7.90. The van der Waals surface area contributed by atoms with Gasteiger partial charge in [-0.1, -0.05) is 25.7 Å². The summed E-state index contributed by atoms with van der Waals surface area (Å²) in [4.78, 5) is 67.4. The van der Waals surface area contributed by atoms with Crippen molar-refractivity contribution < 1.29 is 41.9 Å². The van der Waals surface area contributed by atoms with Crippen molar-refractivity contribution in [3.63, 3.8) is 0 Å². The third kappa shape index (κ3) is 18.0. The lowest BCUT2D eigenvalue weighted by molar-refractivity contribution is -0.134. The highest BCUT2D eigenvalue weighted by Crippen LogP contribution is 2.06. The Bertz CT molecular complexity index is 1330. The zero-order valence-corrected chi connectivity index (χ0v) is 27.5. The van der Waals surface area contributed by atoms with E-state index in [4.69, 9.17) is 15.2 Å². The summed E-state index contributed by atoms with van der Waals surface area (Å²) >= 11 is 0. The monoisotopic (exact) mass is 667 g/mol. The van der Waals surface area contributed by atoms with Crippen molar-refractivity contribution in [1.29, 1.82) is 0 Å². The van der Waals surface area contributed by atoms with Crippen LogP contribution in [-0.2, 0) is 38.5 Å². The van der Waals surface area contributed by atoms with Gasteiger partial charge in [-0.3, -0.25) is 19.2 Å². The first kappa shape index (κ1) is 39.9. The van der Waals surface area contributed by atoms with Gasteiger partial charge in [0.25, 0.3) is 0 Å². The topological polar surface area (TPSA) is 238 Å². The lowest BCUT2D eigenvalue weighted by Gasteiger charge is -2.24. The number of carbonyl (C=O) groups excluding carboxylic acids is 5. The van der Waals surface area contributed by atoms with E-state index < -0.39 is 39.8 Å². The summed E-state index contributed by atoms with van der Waals surface area (Å²) in [6.07, 6.45) is 5.68. The maximum Gasteiger partial charge on any atom is 0.312 e. The van der Waals surface area contributed by atoms with Crippen LogP contribution in [0.2, 0.25) is 0 Å². The maximum atomic E-state index is 12.8. The first-order valence-electron chi connectivity index (χ1n) is 14.8. The highest BCUT2D eigenvalue weighted by atomic mass is 32.2. The van der Waals surface area contributed by atoms with E-state index in [9.17, 15) is 32.4 Å². The number of amides is 5. The molecule has 0 radical (unpaired) electrons. The third-order valence-electron chi connectivity index (χ3n) is 6.11. The van der Waals surface area contributed by atoms with Crippen LogP contribution < -0.4 is 27.0 Å². The summed E-state index contributed by atoms with van der Waals surface area (Å²) < 4.78 is 33.4. The second-order valence-corrected chi connectivity index (χ2v) is 12.5. The van der Waals surface area contributed by atoms with Crippen LogP contribution >= 0.6 is 0 Å². The molecule has 0 aliphatic rings. The molecule has 256 valence electrons. The lowest BCUT2D eigenvalue weighted by atomic mass is 10.0. The summed E-state index contributed by atoms with van der Waals surface area (Å²) in [5, 5.41) is 10.2. The Morgan fingerprint density at radius 1 is 0.935 bits per heavy atom. The van der Waals surface area contributed by atoms with E-state index in [0.29, 0.717) is 37.8 Å². The van der Waals surface area contributed by atoms with E-state index in [0.717, 1.165) is 6.26 Å². The highest BCUT2D eigenvalue weighted by Gasteiger charge is 2.27. The van der Waals surface area contributed by atoms with Crippen molar-refractivity contribution >= 4 is 39.4 Å². The van der Waals surface area contributed by atoms with E-state index in [-0.39, 0.29) is 62.2 Å². The van der Waals surface area contributed by atoms with Crippen LogP contribution in [0.25, 0.3) is 0 Å². The van der Waals surface area contributed by atoms with Crippen molar-refractivity contribution in [1.82, 2.24) is 31.2 Å². The number of rotatable bonds is 21. The second kappa shape index (κ2) is 21.6. The zero-order chi connectivity index (χ0) is 34.5. The Hall–Kier alpha value is -4.14. The zero-order valence-electron chi connectivity index (χ0n) is 26.7. The first-order chi connectivity index (χ1) is 21.7. The van der Waals surface area contributed by atoms with Crippen molar-refractivity contribution in [2.75, 3.05) is 45.8 Å². The molecule has 2 atom stereocenters. The molecular formula is C29H45N7O9S. The molecule has 0 fully saturated rings. The molecule has 0 bridgehead atoms. The fraction of sp³-hybridized carbons (Fsp3) is 0.621. The van der Waals surface area contributed by atoms with Gasteiger partial charge in [-0.15, -0.1) is 0 Å². The van der Waals surface area contributed by atoms with Crippen LogP contribution in [0, 0.1) is 17.8 Å². The van der Waals surface area contributed by atoms with E-state index in [2.05, 4.69) is 43.1 Å². The van der Waals surface area contributed by atoms with Crippen LogP contribution in [0.1, 0.15) is 58.4 Å². The van der Waals surface area contributed by atoms with Gasteiger partial charge in [0.1, 0.15) is 12.6 Å². The number of ketones is 1. The molecular weight excluding hydrogens is 622 g/mol. The summed E-state index contributed by atoms with van der Waals surface area (Å²) in [5.74, 6) is 4.04. The fourth-order valence-electron chi connectivity index (χ4n) is 3.72. The molecule has 46 heavy (non-hydrogen) atoms. The molecule has 1 heterocycles. The molecule has 0 saturated carbocycles. The number of aromatic nitrogens is 2. The van der Waals surface area contributed by atoms with E-state index in [1.807, 2.05) is 0 Å². The van der Waals surface area contributed by atoms with Crippen LogP contribution in [0.15, 0.2) is 17.6 Å². The minimum Gasteiger partial charge on any atom is -0.377 e. The van der Waals surface area contributed by atoms with E-state index in [1.165, 1.54) is 19.3 Å². The number of nitrogens with two attached hydrogens (primary N) is 1. The van der Waals surface area contributed by atoms with Crippen LogP contribution in [-0.4, -0.2) is 106 Å². The summed E-state index contributed by atoms with van der Waals surface area (Å²) in [5.41, 5.74) is 5.50. The quantitative estimate of drug-likeness (QED) is 0.0619. The van der Waals surface area contributed by atoms with Gasteiger partial charge in [-0.2, -0.15) is 0 Å². The molecule has 1 aromatic rings. The second-order valence-electron chi connectivity index (χ2n) is 10.6. The average molecular weight is 668 g/mol. The predicted octanol–water partition coefficient (Wildman–Crippen LogP) is -0.786. The van der Waals surface area contributed by atoms with Gasteiger partial charge >= 0.3 is 6.03 Å². The number of Topliss-reactive ketones (excluding diaryl/α,β-unsaturated/α-hetero) is 1. The molecule has 0 aliphatic heterocycles. The molecule has 0 aliphatic carbocycles. The number of sulfone groups is 1. The van der Waals surface area contributed by atoms with Gasteiger partial charge < -0.3 is 36.5 Å². The Balaban J connectivity index is 2.21. The Labute approximate surface area is 269 Å². The van der Waals surface area contributed by atoms with E-state index >= 15 is 0 Å². The van der Waals surface area contributed by atoms with Crippen molar-refractivity contribution in [3.05, 3.63) is 18.0 Å². The largest absolute Gasteiger partial charge is 0.377 e. The molecule has 16 nitrogen and oxygen atoms in total. The molecule has 0 unspecified atom stereocenters. The van der Waals surface area contributed by atoms with Gasteiger partial charge in [-0.05, 0) is 32.1 Å². The lowest BCUT2D eigenvalue weighted by Crippen LogP contribution is -2.54. The molecule has 1 rings (SSSR count). The van der Waals surface area contributed by atoms with Crippen molar-refractivity contribution in [2.24, 2.45) is 11.7 Å². The van der Waals surface area contributed by atoms with E-state index in [1.54, 1.807) is 13.8 Å². The van der Waals surface area contributed by atoms with Gasteiger partial charge in [0.15, 0.2) is 5.78 Å². The first-order valence-corrected chi connectivity index (χ1v) is 16.7. The number of unbranched alkanes of at least 4 members (excludes halogenated alkanes) is 1. The molecule has 5 amide bonds. The normalized spacial score (nSPS) is 12.3. The molecule has 0 spiro atoms. The minimum absolute atomic E-state index is 0.117. The SMILES string of the molecule is CC(=O)[C@H](CCCNC(N)=O)NC(=O)[C@@H](NC(=O)COCCOCCNC(=O)CCCC#Cc1cnc(S(C)(=O)=O)nc1)C(C)C. The maximum absolute atomic E-state index is 12.8. The molecule has 6 N–H and O–H groups in total. The summed E-state index contributed by atoms with van der Waals surface area (Å²) in [7, 11) is -3.47. The van der Waals surface area contributed by atoms with Crippen LogP contribution in [0.3, 0.4) is 0 Å². The summed E-state index contributed by atoms with van der Waals surface area (Å²) in [6.45, 7) is 5.68. The Kier molecular flexibility index (Phi) is 18.7. The van der Waals surface area contributed by atoms with Crippen LogP contribution in [0.5, 0.6) is 0 Å². The number of nitrogens with zero attached hydrogens (tertiary/aromatic N) is 2. The van der Waals surface area contributed by atoms with Gasteiger partial charge in [0, 0.05) is 44.6 Å². The van der Waals surface area contributed by atoms with Gasteiger partial charge in [0.05, 0.1) is 31.4 Å². The number of urea groups is 1. The number of nitrogens with one attached hydrogen (secondary N) is 4. The molecule has 0 saturated heterocycles. The van der Waals surface area contributed by atoms with Gasteiger partial charge in [-0.25, -0.2) is 23.2 Å². The smallest absolute Gasteiger partial charge is 0.312 e. The Morgan fingerprint density at radius 2 is 1.61 bits per heavy atom. The number of hydrogen-bond donors (Lipinski definition) is 5. The minimum atomic E-state index is -3.47. The number of primary amides is 1. The fourth-order valence-corrected chi connectivity index (χ4v) is 4.20.